The largest absolute Gasteiger partial charge is 0.506 e. The maximum atomic E-state index is 12.9. The van der Waals surface area contributed by atoms with Gasteiger partial charge in [0.05, 0.1) is 17.8 Å². The molecule has 0 radical (unpaired) electrons. The SMILES string of the molecule is O=C1c2c(nc3ccccc3c2O)CN1CCCC1CCN(Cc2ccccc2)CC1. The van der Waals surface area contributed by atoms with Gasteiger partial charge in [0, 0.05) is 18.5 Å². The molecule has 1 N–H and O–H groups in total. The van der Waals surface area contributed by atoms with Gasteiger partial charge >= 0.3 is 0 Å². The number of amides is 1. The Balaban J connectivity index is 1.12. The molecule has 0 atom stereocenters. The number of likely N-dealkylation sites (tertiary alicyclic amines) is 1. The van der Waals surface area contributed by atoms with Gasteiger partial charge in [-0.05, 0) is 62.4 Å². The molecule has 0 aliphatic carbocycles. The van der Waals surface area contributed by atoms with Crippen molar-refractivity contribution in [2.24, 2.45) is 5.92 Å². The minimum Gasteiger partial charge on any atom is -0.506 e. The number of fused-ring (bicyclic) bond motifs is 2. The highest BCUT2D eigenvalue weighted by Crippen LogP contribution is 2.35. The van der Waals surface area contributed by atoms with E-state index in [9.17, 15) is 9.90 Å². The van der Waals surface area contributed by atoms with Crippen molar-refractivity contribution < 1.29 is 9.90 Å². The van der Waals surface area contributed by atoms with Crippen LogP contribution in [-0.4, -0.2) is 45.4 Å². The lowest BCUT2D eigenvalue weighted by atomic mass is 9.92. The first-order valence-corrected chi connectivity index (χ1v) is 11.3. The molecule has 1 amide bonds. The number of pyridine rings is 1. The summed E-state index contributed by atoms with van der Waals surface area (Å²) in [6.45, 7) is 4.58. The van der Waals surface area contributed by atoms with Gasteiger partial charge in [0.15, 0.2) is 0 Å². The summed E-state index contributed by atoms with van der Waals surface area (Å²) in [5.74, 6) is 0.739. The van der Waals surface area contributed by atoms with Crippen molar-refractivity contribution in [2.75, 3.05) is 19.6 Å². The molecule has 2 aliphatic heterocycles. The fourth-order valence-electron chi connectivity index (χ4n) is 5.02. The molecule has 0 saturated carbocycles. The molecule has 2 aromatic carbocycles. The van der Waals surface area contributed by atoms with E-state index in [2.05, 4.69) is 40.2 Å². The number of benzene rings is 2. The van der Waals surface area contributed by atoms with Gasteiger partial charge in [-0.3, -0.25) is 9.69 Å². The predicted molar refractivity (Wildman–Crippen MR) is 122 cm³/mol. The monoisotopic (exact) mass is 415 g/mol. The van der Waals surface area contributed by atoms with Crippen LogP contribution in [0.1, 0.15) is 47.3 Å². The first kappa shape index (κ1) is 20.0. The molecule has 2 aliphatic rings. The Morgan fingerprint density at radius 1 is 1.00 bits per heavy atom. The molecule has 5 nitrogen and oxygen atoms in total. The number of aromatic nitrogens is 1. The van der Waals surface area contributed by atoms with E-state index in [1.807, 2.05) is 29.2 Å². The van der Waals surface area contributed by atoms with Crippen LogP contribution in [0.15, 0.2) is 54.6 Å². The Labute approximate surface area is 183 Å². The van der Waals surface area contributed by atoms with Crippen LogP contribution in [0.25, 0.3) is 10.9 Å². The standard InChI is InChI=1S/C26H29N3O2/c30-25-21-10-4-5-11-22(21)27-23-18-29(26(31)24(23)25)14-6-9-19-12-15-28(16-13-19)17-20-7-2-1-3-8-20/h1-5,7-8,10-11,19H,6,9,12-18H2,(H,27,30). The van der Waals surface area contributed by atoms with E-state index in [-0.39, 0.29) is 11.7 Å². The highest BCUT2D eigenvalue weighted by Gasteiger charge is 2.32. The number of carbonyl (C=O) groups is 1. The third kappa shape index (κ3) is 4.15. The summed E-state index contributed by atoms with van der Waals surface area (Å²) in [6.07, 6.45) is 4.62. The molecule has 3 heterocycles. The average Bonchev–Trinajstić information content (AvgIpc) is 3.11. The molecular formula is C26H29N3O2. The fraction of sp³-hybridized carbons (Fsp3) is 0.385. The van der Waals surface area contributed by atoms with Crippen LogP contribution in [0.3, 0.4) is 0 Å². The van der Waals surface area contributed by atoms with Gasteiger partial charge in [-0.15, -0.1) is 0 Å². The second-order valence-electron chi connectivity index (χ2n) is 8.87. The summed E-state index contributed by atoms with van der Waals surface area (Å²) < 4.78 is 0. The Hall–Kier alpha value is -2.92. The number of nitrogens with zero attached hydrogens (tertiary/aromatic N) is 3. The van der Waals surface area contributed by atoms with Crippen molar-refractivity contribution in [3.63, 3.8) is 0 Å². The fourth-order valence-corrected chi connectivity index (χ4v) is 5.02. The Morgan fingerprint density at radius 3 is 2.55 bits per heavy atom. The van der Waals surface area contributed by atoms with Crippen molar-refractivity contribution in [2.45, 2.75) is 38.8 Å². The van der Waals surface area contributed by atoms with Crippen LogP contribution < -0.4 is 0 Å². The third-order valence-corrected chi connectivity index (χ3v) is 6.78. The van der Waals surface area contributed by atoms with E-state index in [0.29, 0.717) is 23.2 Å². The van der Waals surface area contributed by atoms with Crippen LogP contribution in [0.4, 0.5) is 0 Å². The smallest absolute Gasteiger partial charge is 0.259 e. The number of carbonyl (C=O) groups excluding carboxylic acids is 1. The van der Waals surface area contributed by atoms with Gasteiger partial charge in [-0.25, -0.2) is 4.98 Å². The maximum absolute atomic E-state index is 12.9. The van der Waals surface area contributed by atoms with Crippen LogP contribution >= 0.6 is 0 Å². The number of hydrogen-bond donors (Lipinski definition) is 1. The summed E-state index contributed by atoms with van der Waals surface area (Å²) in [6, 6.07) is 18.2. The molecule has 0 bridgehead atoms. The first-order chi connectivity index (χ1) is 15.2. The average molecular weight is 416 g/mol. The molecule has 5 rings (SSSR count). The van der Waals surface area contributed by atoms with Gasteiger partial charge in [-0.2, -0.15) is 0 Å². The van der Waals surface area contributed by atoms with Crippen molar-refractivity contribution in [1.29, 1.82) is 0 Å². The van der Waals surface area contributed by atoms with Gasteiger partial charge in [-0.1, -0.05) is 42.5 Å². The Kier molecular flexibility index (Phi) is 5.60. The van der Waals surface area contributed by atoms with Crippen molar-refractivity contribution in [3.05, 3.63) is 71.4 Å². The van der Waals surface area contributed by atoms with E-state index >= 15 is 0 Å². The van der Waals surface area contributed by atoms with E-state index in [4.69, 9.17) is 0 Å². The molecule has 0 unspecified atom stereocenters. The van der Waals surface area contributed by atoms with Gasteiger partial charge in [0.2, 0.25) is 0 Å². The zero-order valence-electron chi connectivity index (χ0n) is 17.8. The minimum absolute atomic E-state index is 0.0802. The Bertz CT molecular complexity index is 1070. The zero-order valence-corrected chi connectivity index (χ0v) is 17.8. The molecule has 1 aromatic heterocycles. The van der Waals surface area contributed by atoms with Crippen LogP contribution in [0.5, 0.6) is 5.75 Å². The highest BCUT2D eigenvalue weighted by molar-refractivity contribution is 6.05. The summed E-state index contributed by atoms with van der Waals surface area (Å²) >= 11 is 0. The van der Waals surface area contributed by atoms with Crippen LogP contribution in [-0.2, 0) is 13.1 Å². The summed E-state index contributed by atoms with van der Waals surface area (Å²) in [7, 11) is 0. The Morgan fingerprint density at radius 2 is 1.74 bits per heavy atom. The first-order valence-electron chi connectivity index (χ1n) is 11.3. The van der Waals surface area contributed by atoms with Crippen molar-refractivity contribution in [1.82, 2.24) is 14.8 Å². The third-order valence-electron chi connectivity index (χ3n) is 6.78. The lowest BCUT2D eigenvalue weighted by Gasteiger charge is -2.32. The molecule has 1 saturated heterocycles. The molecular weight excluding hydrogens is 386 g/mol. The molecule has 3 aromatic rings. The molecule has 160 valence electrons. The van der Waals surface area contributed by atoms with Crippen molar-refractivity contribution >= 4 is 16.8 Å². The zero-order chi connectivity index (χ0) is 21.2. The van der Waals surface area contributed by atoms with Gasteiger partial charge in [0.25, 0.3) is 5.91 Å². The molecule has 5 heteroatoms. The summed E-state index contributed by atoms with van der Waals surface area (Å²) in [5, 5.41) is 11.3. The normalized spacial score (nSPS) is 17.4. The number of rotatable bonds is 6. The second-order valence-corrected chi connectivity index (χ2v) is 8.87. The van der Waals surface area contributed by atoms with E-state index in [1.165, 1.54) is 18.4 Å². The summed E-state index contributed by atoms with van der Waals surface area (Å²) in [4.78, 5) is 21.9. The second kappa shape index (κ2) is 8.67. The number of hydrogen-bond acceptors (Lipinski definition) is 4. The molecule has 0 spiro atoms. The van der Waals surface area contributed by atoms with Crippen LogP contribution in [0.2, 0.25) is 0 Å². The number of para-hydroxylation sites is 1. The predicted octanol–water partition coefficient (Wildman–Crippen LogP) is 4.59. The van der Waals surface area contributed by atoms with E-state index in [0.717, 1.165) is 50.5 Å². The lowest BCUT2D eigenvalue weighted by Crippen LogP contribution is -2.33. The van der Waals surface area contributed by atoms with Gasteiger partial charge in [0.1, 0.15) is 11.3 Å². The van der Waals surface area contributed by atoms with Crippen LogP contribution in [0, 0.1) is 5.92 Å². The maximum Gasteiger partial charge on any atom is 0.259 e. The number of aromatic hydroxyl groups is 1. The summed E-state index contributed by atoms with van der Waals surface area (Å²) in [5.41, 5.74) is 3.23. The lowest BCUT2D eigenvalue weighted by molar-refractivity contribution is 0.0768. The number of piperidine rings is 1. The van der Waals surface area contributed by atoms with E-state index in [1.54, 1.807) is 0 Å². The highest BCUT2D eigenvalue weighted by atomic mass is 16.3. The molecule has 1 fully saturated rings. The van der Waals surface area contributed by atoms with E-state index < -0.39 is 0 Å². The quantitative estimate of drug-likeness (QED) is 0.640. The minimum atomic E-state index is -0.0802. The van der Waals surface area contributed by atoms with Crippen molar-refractivity contribution in [3.8, 4) is 5.75 Å². The topological polar surface area (TPSA) is 56.7 Å². The molecule has 31 heavy (non-hydrogen) atoms. The van der Waals surface area contributed by atoms with Gasteiger partial charge < -0.3 is 10.0 Å².